The summed E-state index contributed by atoms with van der Waals surface area (Å²) in [6.45, 7) is 3.40. The van der Waals surface area contributed by atoms with Crippen LogP contribution in [0.2, 0.25) is 0 Å². The summed E-state index contributed by atoms with van der Waals surface area (Å²) in [6, 6.07) is 12.0. The van der Waals surface area contributed by atoms with Crippen molar-refractivity contribution in [2.24, 2.45) is 0 Å². The number of fused-ring (bicyclic) bond motifs is 1. The lowest BCUT2D eigenvalue weighted by atomic mass is 10.1. The topological polar surface area (TPSA) is 57.7 Å². The van der Waals surface area contributed by atoms with Gasteiger partial charge in [0.05, 0.1) is 16.8 Å². The Kier molecular flexibility index (Phi) is 3.64. The Morgan fingerprint density at radius 2 is 1.52 bits per heavy atom. The van der Waals surface area contributed by atoms with E-state index in [1.165, 1.54) is 4.90 Å². The molecule has 2 aliphatic rings. The van der Waals surface area contributed by atoms with E-state index in [1.807, 2.05) is 11.8 Å². The average molecular weight is 334 g/mol. The highest BCUT2D eigenvalue weighted by molar-refractivity contribution is 6.34. The normalized spacial score (nSPS) is 16.5. The van der Waals surface area contributed by atoms with E-state index in [9.17, 15) is 14.4 Å². The van der Waals surface area contributed by atoms with Gasteiger partial charge in [-0.05, 0) is 55.7 Å². The summed E-state index contributed by atoms with van der Waals surface area (Å²) in [4.78, 5) is 40.8. The lowest BCUT2D eigenvalue weighted by molar-refractivity contribution is 0.0792. The quantitative estimate of drug-likeness (QED) is 0.793. The number of nitrogens with zero attached hydrogens (tertiary/aromatic N) is 2. The Bertz CT molecular complexity index is 863. The van der Waals surface area contributed by atoms with Gasteiger partial charge in [-0.1, -0.05) is 12.1 Å². The van der Waals surface area contributed by atoms with Gasteiger partial charge in [-0.2, -0.15) is 0 Å². The highest BCUT2D eigenvalue weighted by Gasteiger charge is 2.37. The first-order valence-electron chi connectivity index (χ1n) is 8.45. The molecule has 0 aromatic heterocycles. The SMILES string of the molecule is Cc1cc(C(=O)N2CCCC2)ccc1N1C(=O)c2ccccc2C1=O. The Morgan fingerprint density at radius 3 is 2.08 bits per heavy atom. The van der Waals surface area contributed by atoms with Gasteiger partial charge in [0.1, 0.15) is 0 Å². The Morgan fingerprint density at radius 1 is 0.920 bits per heavy atom. The highest BCUT2D eigenvalue weighted by Crippen LogP contribution is 2.31. The number of rotatable bonds is 2. The molecule has 126 valence electrons. The Labute approximate surface area is 145 Å². The third-order valence-electron chi connectivity index (χ3n) is 4.87. The molecule has 2 aliphatic heterocycles. The highest BCUT2D eigenvalue weighted by atomic mass is 16.2. The van der Waals surface area contributed by atoms with E-state index in [1.54, 1.807) is 42.5 Å². The number of imide groups is 1. The van der Waals surface area contributed by atoms with E-state index < -0.39 is 0 Å². The number of hydrogen-bond acceptors (Lipinski definition) is 3. The summed E-state index contributed by atoms with van der Waals surface area (Å²) < 4.78 is 0. The molecule has 2 aromatic rings. The molecule has 0 atom stereocenters. The first-order valence-corrected chi connectivity index (χ1v) is 8.45. The number of benzene rings is 2. The number of carbonyl (C=O) groups is 3. The van der Waals surface area contributed by atoms with Crippen LogP contribution in [0.15, 0.2) is 42.5 Å². The van der Waals surface area contributed by atoms with Gasteiger partial charge in [-0.3, -0.25) is 14.4 Å². The molecule has 0 N–H and O–H groups in total. The fourth-order valence-electron chi connectivity index (χ4n) is 3.55. The van der Waals surface area contributed by atoms with Crippen LogP contribution in [0.3, 0.4) is 0 Å². The lowest BCUT2D eigenvalue weighted by Crippen LogP contribution is -2.31. The fraction of sp³-hybridized carbons (Fsp3) is 0.250. The number of likely N-dealkylation sites (tertiary alicyclic amines) is 1. The second-order valence-electron chi connectivity index (χ2n) is 6.49. The standard InChI is InChI=1S/C20H18N2O3/c1-13-12-14(18(23)21-10-4-5-11-21)8-9-17(13)22-19(24)15-6-2-3-7-16(15)20(22)25/h2-3,6-9,12H,4-5,10-11H2,1H3. The van der Waals surface area contributed by atoms with Gasteiger partial charge < -0.3 is 4.90 Å². The first kappa shape index (κ1) is 15.6. The number of carbonyl (C=O) groups excluding carboxylic acids is 3. The van der Waals surface area contributed by atoms with Crippen molar-refractivity contribution in [2.75, 3.05) is 18.0 Å². The largest absolute Gasteiger partial charge is 0.339 e. The van der Waals surface area contributed by atoms with Crippen molar-refractivity contribution in [1.82, 2.24) is 4.90 Å². The van der Waals surface area contributed by atoms with Crippen LogP contribution in [-0.2, 0) is 0 Å². The molecule has 0 radical (unpaired) electrons. The van der Waals surface area contributed by atoms with Crippen molar-refractivity contribution in [3.8, 4) is 0 Å². The fourth-order valence-corrected chi connectivity index (χ4v) is 3.55. The average Bonchev–Trinajstić information content (AvgIpc) is 3.24. The molecule has 5 nitrogen and oxygen atoms in total. The second kappa shape index (κ2) is 5.84. The maximum Gasteiger partial charge on any atom is 0.266 e. The van der Waals surface area contributed by atoms with Crippen molar-refractivity contribution in [3.05, 3.63) is 64.7 Å². The second-order valence-corrected chi connectivity index (χ2v) is 6.49. The molecule has 25 heavy (non-hydrogen) atoms. The maximum atomic E-state index is 12.6. The molecule has 2 aromatic carbocycles. The monoisotopic (exact) mass is 334 g/mol. The smallest absolute Gasteiger partial charge is 0.266 e. The minimum atomic E-state index is -0.317. The van der Waals surface area contributed by atoms with E-state index in [-0.39, 0.29) is 17.7 Å². The van der Waals surface area contributed by atoms with E-state index in [4.69, 9.17) is 0 Å². The number of amides is 3. The van der Waals surface area contributed by atoms with Crippen LogP contribution >= 0.6 is 0 Å². The van der Waals surface area contributed by atoms with Gasteiger partial charge in [-0.25, -0.2) is 4.90 Å². The molecule has 1 fully saturated rings. The summed E-state index contributed by atoms with van der Waals surface area (Å²) in [7, 11) is 0. The lowest BCUT2D eigenvalue weighted by Gasteiger charge is -2.19. The first-order chi connectivity index (χ1) is 12.1. The Balaban J connectivity index is 1.67. The summed E-state index contributed by atoms with van der Waals surface area (Å²) >= 11 is 0. The predicted molar refractivity (Wildman–Crippen MR) is 93.9 cm³/mol. The summed E-state index contributed by atoms with van der Waals surface area (Å²) in [5, 5.41) is 0. The van der Waals surface area contributed by atoms with Gasteiger partial charge in [0.2, 0.25) is 0 Å². The summed E-state index contributed by atoms with van der Waals surface area (Å²) in [5.41, 5.74) is 2.71. The van der Waals surface area contributed by atoms with Crippen LogP contribution < -0.4 is 4.90 Å². The van der Waals surface area contributed by atoms with Crippen LogP contribution in [-0.4, -0.2) is 35.7 Å². The third-order valence-corrected chi connectivity index (χ3v) is 4.87. The molecule has 0 aliphatic carbocycles. The van der Waals surface area contributed by atoms with Gasteiger partial charge in [0, 0.05) is 18.7 Å². The molecule has 0 unspecified atom stereocenters. The number of aryl methyl sites for hydroxylation is 1. The van der Waals surface area contributed by atoms with E-state index in [0.717, 1.165) is 31.5 Å². The van der Waals surface area contributed by atoms with Gasteiger partial charge >= 0.3 is 0 Å². The van der Waals surface area contributed by atoms with Crippen molar-refractivity contribution in [3.63, 3.8) is 0 Å². The van der Waals surface area contributed by atoms with Crippen LogP contribution in [0.4, 0.5) is 5.69 Å². The Hall–Kier alpha value is -2.95. The molecule has 5 heteroatoms. The zero-order valence-electron chi connectivity index (χ0n) is 14.0. The van der Waals surface area contributed by atoms with Crippen molar-refractivity contribution in [1.29, 1.82) is 0 Å². The van der Waals surface area contributed by atoms with Crippen molar-refractivity contribution < 1.29 is 14.4 Å². The minimum Gasteiger partial charge on any atom is -0.339 e. The maximum absolute atomic E-state index is 12.6. The van der Waals surface area contributed by atoms with Crippen molar-refractivity contribution >= 4 is 23.4 Å². The molecule has 0 spiro atoms. The zero-order valence-corrected chi connectivity index (χ0v) is 14.0. The van der Waals surface area contributed by atoms with Crippen LogP contribution in [0.1, 0.15) is 49.5 Å². The van der Waals surface area contributed by atoms with Gasteiger partial charge in [-0.15, -0.1) is 0 Å². The van der Waals surface area contributed by atoms with Crippen molar-refractivity contribution in [2.45, 2.75) is 19.8 Å². The number of anilines is 1. The summed E-state index contributed by atoms with van der Waals surface area (Å²) in [6.07, 6.45) is 2.08. The molecule has 2 heterocycles. The molecular weight excluding hydrogens is 316 g/mol. The molecule has 4 rings (SSSR count). The molecule has 0 bridgehead atoms. The van der Waals surface area contributed by atoms with Crippen LogP contribution in [0.25, 0.3) is 0 Å². The predicted octanol–water partition coefficient (Wildman–Crippen LogP) is 3.03. The van der Waals surface area contributed by atoms with E-state index in [0.29, 0.717) is 22.4 Å². The van der Waals surface area contributed by atoms with E-state index in [2.05, 4.69) is 0 Å². The molecule has 0 saturated carbocycles. The number of hydrogen-bond donors (Lipinski definition) is 0. The van der Waals surface area contributed by atoms with Gasteiger partial charge in [0.25, 0.3) is 17.7 Å². The molecular formula is C20H18N2O3. The van der Waals surface area contributed by atoms with Crippen LogP contribution in [0, 0.1) is 6.92 Å². The zero-order chi connectivity index (χ0) is 17.6. The van der Waals surface area contributed by atoms with Crippen LogP contribution in [0.5, 0.6) is 0 Å². The molecule has 1 saturated heterocycles. The summed E-state index contributed by atoms with van der Waals surface area (Å²) in [5.74, 6) is -0.626. The van der Waals surface area contributed by atoms with Gasteiger partial charge in [0.15, 0.2) is 0 Å². The minimum absolute atomic E-state index is 0.00881. The third kappa shape index (κ3) is 2.43. The molecule has 3 amide bonds. The van der Waals surface area contributed by atoms with E-state index >= 15 is 0 Å².